The monoisotopic (exact) mass is 310 g/mol. The Morgan fingerprint density at radius 1 is 1.30 bits per heavy atom. The molecule has 0 saturated carbocycles. The van der Waals surface area contributed by atoms with Gasteiger partial charge in [-0.1, -0.05) is 17.7 Å². The maximum Gasteiger partial charge on any atom is 0.319 e. The van der Waals surface area contributed by atoms with Gasteiger partial charge in [-0.3, -0.25) is 0 Å². The van der Waals surface area contributed by atoms with Crippen LogP contribution < -0.4 is 10.6 Å². The van der Waals surface area contributed by atoms with Crippen molar-refractivity contribution in [2.75, 3.05) is 11.9 Å². The number of amides is 2. The molecular formula is C14H15ClN2O2S. The number of rotatable bonds is 5. The highest BCUT2D eigenvalue weighted by Crippen LogP contribution is 2.20. The van der Waals surface area contributed by atoms with Crippen LogP contribution in [0.3, 0.4) is 0 Å². The van der Waals surface area contributed by atoms with Gasteiger partial charge in [0.1, 0.15) is 0 Å². The predicted octanol–water partition coefficient (Wildman–Crippen LogP) is 3.65. The van der Waals surface area contributed by atoms with E-state index in [1.54, 1.807) is 24.3 Å². The van der Waals surface area contributed by atoms with Crippen LogP contribution in [0.1, 0.15) is 17.4 Å². The SMILES string of the molecule is O=C(NCCC(O)c1cccs1)Nc1ccc(Cl)cc1. The van der Waals surface area contributed by atoms with Crippen LogP contribution in [-0.2, 0) is 0 Å². The predicted molar refractivity (Wildman–Crippen MR) is 82.4 cm³/mol. The van der Waals surface area contributed by atoms with Crippen molar-refractivity contribution in [2.24, 2.45) is 0 Å². The summed E-state index contributed by atoms with van der Waals surface area (Å²) in [6.07, 6.45) is -0.0556. The van der Waals surface area contributed by atoms with Crippen LogP contribution in [0.15, 0.2) is 41.8 Å². The van der Waals surface area contributed by atoms with E-state index in [0.717, 1.165) is 4.88 Å². The first kappa shape index (κ1) is 14.8. The zero-order valence-corrected chi connectivity index (χ0v) is 12.2. The van der Waals surface area contributed by atoms with Crippen molar-refractivity contribution in [3.8, 4) is 0 Å². The van der Waals surface area contributed by atoms with E-state index >= 15 is 0 Å². The molecule has 0 aliphatic rings. The third kappa shape index (κ3) is 4.52. The molecule has 1 aromatic carbocycles. The zero-order valence-electron chi connectivity index (χ0n) is 10.7. The van der Waals surface area contributed by atoms with Gasteiger partial charge in [-0.15, -0.1) is 11.3 Å². The Balaban J connectivity index is 1.71. The Kier molecular flexibility index (Phi) is 5.40. The Morgan fingerprint density at radius 3 is 2.70 bits per heavy atom. The first-order valence-electron chi connectivity index (χ1n) is 6.17. The summed E-state index contributed by atoms with van der Waals surface area (Å²) in [5.41, 5.74) is 0.672. The Morgan fingerprint density at radius 2 is 2.05 bits per heavy atom. The Labute approximate surface area is 126 Å². The molecule has 2 amide bonds. The molecule has 6 heteroatoms. The molecule has 0 spiro atoms. The molecule has 0 aliphatic heterocycles. The van der Waals surface area contributed by atoms with Crippen LogP contribution in [0.4, 0.5) is 10.5 Å². The average molecular weight is 311 g/mol. The number of hydrogen-bond donors (Lipinski definition) is 3. The number of urea groups is 1. The van der Waals surface area contributed by atoms with Crippen molar-refractivity contribution in [1.29, 1.82) is 0 Å². The molecule has 0 aliphatic carbocycles. The van der Waals surface area contributed by atoms with Gasteiger partial charge in [0.15, 0.2) is 0 Å². The molecule has 2 aromatic rings. The fraction of sp³-hybridized carbons (Fsp3) is 0.214. The number of anilines is 1. The van der Waals surface area contributed by atoms with Gasteiger partial charge in [0.25, 0.3) is 0 Å². The number of aliphatic hydroxyl groups excluding tert-OH is 1. The normalized spacial score (nSPS) is 11.9. The summed E-state index contributed by atoms with van der Waals surface area (Å²) >= 11 is 7.26. The molecule has 20 heavy (non-hydrogen) atoms. The van der Waals surface area contributed by atoms with Gasteiger partial charge in [0.05, 0.1) is 6.10 Å². The molecule has 2 rings (SSSR count). The van der Waals surface area contributed by atoms with Crippen molar-refractivity contribution in [1.82, 2.24) is 5.32 Å². The lowest BCUT2D eigenvalue weighted by Gasteiger charge is -2.10. The van der Waals surface area contributed by atoms with Crippen molar-refractivity contribution in [3.05, 3.63) is 51.7 Å². The molecule has 1 unspecified atom stereocenters. The maximum absolute atomic E-state index is 11.6. The van der Waals surface area contributed by atoms with Crippen LogP contribution in [0.25, 0.3) is 0 Å². The number of halogens is 1. The molecule has 3 N–H and O–H groups in total. The third-order valence-electron chi connectivity index (χ3n) is 2.68. The minimum Gasteiger partial charge on any atom is -0.388 e. The second-order valence-electron chi connectivity index (χ2n) is 4.21. The quantitative estimate of drug-likeness (QED) is 0.789. The highest BCUT2D eigenvalue weighted by molar-refractivity contribution is 7.10. The number of thiophene rings is 1. The molecule has 1 heterocycles. The topological polar surface area (TPSA) is 61.4 Å². The number of hydrogen-bond acceptors (Lipinski definition) is 3. The van der Waals surface area contributed by atoms with Crippen molar-refractivity contribution < 1.29 is 9.90 Å². The molecule has 0 bridgehead atoms. The van der Waals surface area contributed by atoms with Crippen LogP contribution in [0.2, 0.25) is 5.02 Å². The van der Waals surface area contributed by atoms with Crippen molar-refractivity contribution in [2.45, 2.75) is 12.5 Å². The van der Waals surface area contributed by atoms with Crippen molar-refractivity contribution in [3.63, 3.8) is 0 Å². The number of carbonyl (C=O) groups is 1. The summed E-state index contributed by atoms with van der Waals surface area (Å²) in [6.45, 7) is 0.401. The Hall–Kier alpha value is -1.56. The van der Waals surface area contributed by atoms with Gasteiger partial charge in [-0.25, -0.2) is 4.79 Å². The minimum atomic E-state index is -0.536. The molecule has 0 fully saturated rings. The zero-order chi connectivity index (χ0) is 14.4. The number of benzene rings is 1. The van der Waals surface area contributed by atoms with Gasteiger partial charge >= 0.3 is 6.03 Å². The van der Waals surface area contributed by atoms with E-state index in [9.17, 15) is 9.90 Å². The van der Waals surface area contributed by atoms with Gasteiger partial charge < -0.3 is 15.7 Å². The molecule has 0 saturated heterocycles. The van der Waals surface area contributed by atoms with Crippen molar-refractivity contribution >= 4 is 34.7 Å². The lowest BCUT2D eigenvalue weighted by atomic mass is 10.2. The summed E-state index contributed by atoms with van der Waals surface area (Å²) in [7, 11) is 0. The van der Waals surface area contributed by atoms with E-state index in [-0.39, 0.29) is 6.03 Å². The van der Waals surface area contributed by atoms with Gasteiger partial charge in [-0.05, 0) is 42.1 Å². The van der Waals surface area contributed by atoms with E-state index in [4.69, 9.17) is 11.6 Å². The van der Waals surface area contributed by atoms with Crippen LogP contribution in [0.5, 0.6) is 0 Å². The summed E-state index contributed by atoms with van der Waals surface area (Å²) in [5.74, 6) is 0. The van der Waals surface area contributed by atoms with E-state index in [0.29, 0.717) is 23.7 Å². The third-order valence-corrected chi connectivity index (χ3v) is 3.90. The highest BCUT2D eigenvalue weighted by atomic mass is 35.5. The molecule has 4 nitrogen and oxygen atoms in total. The van der Waals surface area contributed by atoms with Gasteiger partial charge in [-0.2, -0.15) is 0 Å². The van der Waals surface area contributed by atoms with Crippen LogP contribution in [0, 0.1) is 0 Å². The first-order valence-corrected chi connectivity index (χ1v) is 7.43. The van der Waals surface area contributed by atoms with Gasteiger partial charge in [0, 0.05) is 22.1 Å². The smallest absolute Gasteiger partial charge is 0.319 e. The summed E-state index contributed by atoms with van der Waals surface area (Å²) in [4.78, 5) is 12.5. The summed E-state index contributed by atoms with van der Waals surface area (Å²) in [6, 6.07) is 10.3. The fourth-order valence-electron chi connectivity index (χ4n) is 1.65. The van der Waals surface area contributed by atoms with E-state index in [2.05, 4.69) is 10.6 Å². The standard InChI is InChI=1S/C14H15ClN2O2S/c15-10-3-5-11(6-4-10)17-14(19)16-8-7-12(18)13-2-1-9-20-13/h1-6,9,12,18H,7-8H2,(H2,16,17,19). The maximum atomic E-state index is 11.6. The molecular weight excluding hydrogens is 296 g/mol. The first-order chi connectivity index (χ1) is 9.65. The Bertz CT molecular complexity index is 543. The molecule has 106 valence electrons. The van der Waals surface area contributed by atoms with Crippen LogP contribution >= 0.6 is 22.9 Å². The molecule has 0 radical (unpaired) electrons. The largest absolute Gasteiger partial charge is 0.388 e. The molecule has 1 aromatic heterocycles. The second-order valence-corrected chi connectivity index (χ2v) is 5.62. The minimum absolute atomic E-state index is 0.300. The summed E-state index contributed by atoms with van der Waals surface area (Å²) < 4.78 is 0. The summed E-state index contributed by atoms with van der Waals surface area (Å²) in [5, 5.41) is 17.8. The van der Waals surface area contributed by atoms with E-state index in [1.807, 2.05) is 17.5 Å². The average Bonchev–Trinajstić information content (AvgIpc) is 2.95. The highest BCUT2D eigenvalue weighted by Gasteiger charge is 2.09. The number of aliphatic hydroxyl groups is 1. The van der Waals surface area contributed by atoms with E-state index < -0.39 is 6.10 Å². The number of nitrogens with one attached hydrogen (secondary N) is 2. The lowest BCUT2D eigenvalue weighted by molar-refractivity contribution is 0.171. The number of carbonyl (C=O) groups excluding carboxylic acids is 1. The van der Waals surface area contributed by atoms with Gasteiger partial charge in [0.2, 0.25) is 0 Å². The molecule has 1 atom stereocenters. The second kappa shape index (κ2) is 7.28. The van der Waals surface area contributed by atoms with Crippen LogP contribution in [-0.4, -0.2) is 17.7 Å². The fourth-order valence-corrected chi connectivity index (χ4v) is 2.53. The van der Waals surface area contributed by atoms with E-state index in [1.165, 1.54) is 11.3 Å². The lowest BCUT2D eigenvalue weighted by Crippen LogP contribution is -2.30.